The Kier molecular flexibility index (Phi) is 4.66. The number of benzene rings is 1. The normalized spacial score (nSPS) is 14.1. The lowest BCUT2D eigenvalue weighted by Crippen LogP contribution is -2.19. The molecule has 1 aromatic carbocycles. The van der Waals surface area contributed by atoms with E-state index in [9.17, 15) is 9.59 Å². The molecule has 0 spiro atoms. The van der Waals surface area contributed by atoms with Crippen LogP contribution in [-0.2, 0) is 22.3 Å². The Morgan fingerprint density at radius 3 is 1.48 bits per heavy atom. The number of carbonyl (C=O) groups is 2. The number of rotatable bonds is 2. The topological polar surface area (TPSA) is 52.6 Å². The quantitative estimate of drug-likeness (QED) is 0.620. The van der Waals surface area contributed by atoms with Crippen LogP contribution >= 0.6 is 0 Å². The molecule has 0 N–H and O–H groups in total. The Labute approximate surface area is 125 Å². The predicted molar refractivity (Wildman–Crippen MR) is 79.9 cm³/mol. The van der Waals surface area contributed by atoms with E-state index in [-0.39, 0.29) is 0 Å². The lowest BCUT2D eigenvalue weighted by atomic mass is 9.85. The van der Waals surface area contributed by atoms with Gasteiger partial charge in [0, 0.05) is 0 Å². The molecule has 0 saturated carbocycles. The van der Waals surface area contributed by atoms with Crippen LogP contribution in [-0.4, -0.2) is 26.2 Å². The fourth-order valence-corrected chi connectivity index (χ4v) is 3.30. The average molecular weight is 290 g/mol. The summed E-state index contributed by atoms with van der Waals surface area (Å²) in [7, 11) is 2.67. The molecule has 0 bridgehead atoms. The Hall–Kier alpha value is -1.84. The monoisotopic (exact) mass is 290 g/mol. The van der Waals surface area contributed by atoms with E-state index < -0.39 is 11.9 Å². The van der Waals surface area contributed by atoms with Crippen LogP contribution in [0.5, 0.6) is 0 Å². The van der Waals surface area contributed by atoms with E-state index in [1.807, 2.05) is 13.8 Å². The summed E-state index contributed by atoms with van der Waals surface area (Å²) in [5, 5.41) is 0. The zero-order valence-electron chi connectivity index (χ0n) is 13.2. The van der Waals surface area contributed by atoms with Crippen molar-refractivity contribution in [2.45, 2.75) is 46.0 Å². The van der Waals surface area contributed by atoms with Crippen LogP contribution in [0, 0.1) is 13.8 Å². The minimum absolute atomic E-state index is 0.363. The van der Waals surface area contributed by atoms with Crippen LogP contribution in [0.3, 0.4) is 0 Å². The molecular weight excluding hydrogens is 268 g/mol. The first-order chi connectivity index (χ1) is 10.0. The molecule has 0 aromatic heterocycles. The minimum Gasteiger partial charge on any atom is -0.465 e. The average Bonchev–Trinajstić information content (AvgIpc) is 2.75. The standard InChI is InChI=1S/C17H22O4/c1-10-12-8-6-5-7-9-13(12)11(2)15(17(19)21-4)14(10)16(18)20-3/h5-9H2,1-4H3. The summed E-state index contributed by atoms with van der Waals surface area (Å²) in [6.07, 6.45) is 5.31. The molecule has 0 unspecified atom stereocenters. The summed E-state index contributed by atoms with van der Waals surface area (Å²) < 4.78 is 9.77. The molecule has 0 saturated heterocycles. The first-order valence-corrected chi connectivity index (χ1v) is 7.34. The van der Waals surface area contributed by atoms with E-state index in [1.54, 1.807) is 0 Å². The van der Waals surface area contributed by atoms with Crippen molar-refractivity contribution >= 4 is 11.9 Å². The number of methoxy groups -OCH3 is 2. The first kappa shape index (κ1) is 15.5. The lowest BCUT2D eigenvalue weighted by Gasteiger charge is -2.20. The number of hydrogen-bond donors (Lipinski definition) is 0. The minimum atomic E-state index is -0.469. The molecule has 0 fully saturated rings. The molecular formula is C17H22O4. The molecule has 1 aliphatic rings. The van der Waals surface area contributed by atoms with Gasteiger partial charge in [0.15, 0.2) is 0 Å². The van der Waals surface area contributed by atoms with Crippen molar-refractivity contribution in [1.29, 1.82) is 0 Å². The molecule has 1 aromatic rings. The molecule has 0 radical (unpaired) electrons. The second-order valence-electron chi connectivity index (χ2n) is 5.50. The van der Waals surface area contributed by atoms with Gasteiger partial charge in [0.05, 0.1) is 25.3 Å². The van der Waals surface area contributed by atoms with Gasteiger partial charge in [-0.05, 0) is 61.8 Å². The second kappa shape index (κ2) is 6.29. The zero-order valence-corrected chi connectivity index (χ0v) is 13.2. The Bertz CT molecular complexity index is 536. The number of esters is 2. The molecule has 114 valence electrons. The molecule has 2 rings (SSSR count). The van der Waals surface area contributed by atoms with Crippen LogP contribution in [0.4, 0.5) is 0 Å². The van der Waals surface area contributed by atoms with Gasteiger partial charge in [0.2, 0.25) is 0 Å². The summed E-state index contributed by atoms with van der Waals surface area (Å²) in [5.74, 6) is -0.939. The van der Waals surface area contributed by atoms with Crippen molar-refractivity contribution in [3.05, 3.63) is 33.4 Å². The molecule has 1 aliphatic carbocycles. The van der Waals surface area contributed by atoms with Gasteiger partial charge in [-0.15, -0.1) is 0 Å². The van der Waals surface area contributed by atoms with Crippen molar-refractivity contribution in [2.75, 3.05) is 14.2 Å². The maximum atomic E-state index is 12.2. The number of fused-ring (bicyclic) bond motifs is 1. The van der Waals surface area contributed by atoms with E-state index in [4.69, 9.17) is 9.47 Å². The third-order valence-electron chi connectivity index (χ3n) is 4.40. The molecule has 0 amide bonds. The smallest absolute Gasteiger partial charge is 0.339 e. The van der Waals surface area contributed by atoms with Gasteiger partial charge in [-0.1, -0.05) is 6.42 Å². The van der Waals surface area contributed by atoms with Crippen molar-refractivity contribution in [3.63, 3.8) is 0 Å². The van der Waals surface area contributed by atoms with E-state index in [0.29, 0.717) is 11.1 Å². The molecule has 0 heterocycles. The van der Waals surface area contributed by atoms with E-state index in [0.717, 1.165) is 36.8 Å². The van der Waals surface area contributed by atoms with Crippen LogP contribution < -0.4 is 0 Å². The van der Waals surface area contributed by atoms with Gasteiger partial charge >= 0.3 is 11.9 Å². The molecule has 0 aliphatic heterocycles. The van der Waals surface area contributed by atoms with Gasteiger partial charge in [-0.2, -0.15) is 0 Å². The lowest BCUT2D eigenvalue weighted by molar-refractivity contribution is 0.0553. The summed E-state index contributed by atoms with van der Waals surface area (Å²) in [5.41, 5.74) is 4.87. The highest BCUT2D eigenvalue weighted by molar-refractivity contribution is 6.05. The predicted octanol–water partition coefficient (Wildman–Crippen LogP) is 3.15. The van der Waals surface area contributed by atoms with Crippen molar-refractivity contribution in [3.8, 4) is 0 Å². The summed E-state index contributed by atoms with van der Waals surface area (Å²) in [4.78, 5) is 24.3. The zero-order chi connectivity index (χ0) is 15.6. The van der Waals surface area contributed by atoms with Gasteiger partial charge in [0.1, 0.15) is 0 Å². The first-order valence-electron chi connectivity index (χ1n) is 7.34. The third kappa shape index (κ3) is 2.67. The summed E-state index contributed by atoms with van der Waals surface area (Å²) >= 11 is 0. The fraction of sp³-hybridized carbons (Fsp3) is 0.529. The van der Waals surface area contributed by atoms with Gasteiger partial charge in [-0.25, -0.2) is 9.59 Å². The Morgan fingerprint density at radius 1 is 0.762 bits per heavy atom. The van der Waals surface area contributed by atoms with Crippen molar-refractivity contribution < 1.29 is 19.1 Å². The highest BCUT2D eigenvalue weighted by Gasteiger charge is 2.28. The van der Waals surface area contributed by atoms with Gasteiger partial charge < -0.3 is 9.47 Å². The number of carbonyl (C=O) groups excluding carboxylic acids is 2. The summed E-state index contributed by atoms with van der Waals surface area (Å²) in [6.45, 7) is 3.81. The van der Waals surface area contributed by atoms with Crippen LogP contribution in [0.2, 0.25) is 0 Å². The maximum absolute atomic E-state index is 12.2. The van der Waals surface area contributed by atoms with Gasteiger partial charge in [-0.3, -0.25) is 0 Å². The third-order valence-corrected chi connectivity index (χ3v) is 4.40. The Morgan fingerprint density at radius 2 is 1.14 bits per heavy atom. The molecule has 0 atom stereocenters. The summed E-state index contributed by atoms with van der Waals surface area (Å²) in [6, 6.07) is 0. The van der Waals surface area contributed by atoms with Crippen LogP contribution in [0.15, 0.2) is 0 Å². The highest BCUT2D eigenvalue weighted by Crippen LogP contribution is 2.33. The highest BCUT2D eigenvalue weighted by atomic mass is 16.5. The molecule has 4 heteroatoms. The van der Waals surface area contributed by atoms with Crippen LogP contribution in [0.25, 0.3) is 0 Å². The van der Waals surface area contributed by atoms with E-state index >= 15 is 0 Å². The molecule has 4 nitrogen and oxygen atoms in total. The second-order valence-corrected chi connectivity index (χ2v) is 5.50. The fourth-order valence-electron chi connectivity index (χ4n) is 3.30. The maximum Gasteiger partial charge on any atom is 0.339 e. The van der Waals surface area contributed by atoms with E-state index in [1.165, 1.54) is 31.8 Å². The Balaban J connectivity index is 2.79. The van der Waals surface area contributed by atoms with E-state index in [2.05, 4.69) is 0 Å². The van der Waals surface area contributed by atoms with Crippen LogP contribution in [0.1, 0.15) is 62.2 Å². The van der Waals surface area contributed by atoms with Gasteiger partial charge in [0.25, 0.3) is 0 Å². The number of ether oxygens (including phenoxy) is 2. The van der Waals surface area contributed by atoms with Crippen molar-refractivity contribution in [1.82, 2.24) is 0 Å². The van der Waals surface area contributed by atoms with Crippen molar-refractivity contribution in [2.24, 2.45) is 0 Å². The number of hydrogen-bond acceptors (Lipinski definition) is 4. The largest absolute Gasteiger partial charge is 0.465 e. The molecule has 21 heavy (non-hydrogen) atoms. The SMILES string of the molecule is COC(=O)c1c(C)c2c(c(C)c1C(=O)OC)CCCCC2.